The summed E-state index contributed by atoms with van der Waals surface area (Å²) in [6.07, 6.45) is 0. The first-order valence-electron chi connectivity index (χ1n) is 4.58. The van der Waals surface area contributed by atoms with Crippen molar-refractivity contribution in [2.45, 2.75) is 12.5 Å². The zero-order valence-corrected chi connectivity index (χ0v) is 9.82. The second-order valence-corrected chi connectivity index (χ2v) is 4.12. The fraction of sp³-hybridized carbons (Fsp3) is 0.400. The Morgan fingerprint density at radius 1 is 1.31 bits per heavy atom. The van der Waals surface area contributed by atoms with Crippen LogP contribution in [0.25, 0.3) is 0 Å². The normalized spacial score (nSPS) is 11.8. The highest BCUT2D eigenvalue weighted by Crippen LogP contribution is 2.25. The minimum atomic E-state index is -3.12. The summed E-state index contributed by atoms with van der Waals surface area (Å²) >= 11 is 11.6. The summed E-state index contributed by atoms with van der Waals surface area (Å²) in [5.74, 6) is -3.12. The molecule has 0 aliphatic rings. The van der Waals surface area contributed by atoms with Crippen molar-refractivity contribution in [3.8, 4) is 0 Å². The van der Waals surface area contributed by atoms with Gasteiger partial charge in [0.25, 0.3) is 5.92 Å². The van der Waals surface area contributed by atoms with Crippen molar-refractivity contribution in [2.75, 3.05) is 13.2 Å². The summed E-state index contributed by atoms with van der Waals surface area (Å²) in [6, 6.07) is 5.00. The second kappa shape index (κ2) is 5.77. The van der Waals surface area contributed by atoms with Gasteiger partial charge in [-0.15, -0.1) is 0 Å². The summed E-state index contributed by atoms with van der Waals surface area (Å²) in [5, 5.41) is 11.6. The molecule has 0 spiro atoms. The van der Waals surface area contributed by atoms with Gasteiger partial charge in [-0.3, -0.25) is 0 Å². The molecule has 2 nitrogen and oxygen atoms in total. The molecule has 0 unspecified atom stereocenters. The van der Waals surface area contributed by atoms with Gasteiger partial charge in [-0.25, -0.2) is 8.78 Å². The van der Waals surface area contributed by atoms with E-state index in [0.29, 0.717) is 15.6 Å². The predicted octanol–water partition coefficient (Wildman–Crippen LogP) is 2.71. The van der Waals surface area contributed by atoms with E-state index in [2.05, 4.69) is 5.32 Å². The standard InChI is InChI=1S/C10H11Cl2F2NO/c11-8-3-1-2-7(9(8)12)4-15-5-10(13,14)6-16/h1-3,15-16H,4-6H2. The summed E-state index contributed by atoms with van der Waals surface area (Å²) in [6.45, 7) is -1.61. The Hall–Kier alpha value is -0.420. The monoisotopic (exact) mass is 269 g/mol. The molecule has 0 heterocycles. The van der Waals surface area contributed by atoms with Crippen LogP contribution in [0, 0.1) is 0 Å². The van der Waals surface area contributed by atoms with Gasteiger partial charge < -0.3 is 10.4 Å². The molecular weight excluding hydrogens is 259 g/mol. The Kier molecular flexibility index (Phi) is 4.92. The fourth-order valence-corrected chi connectivity index (χ4v) is 1.51. The fourth-order valence-electron chi connectivity index (χ4n) is 1.12. The molecular formula is C10H11Cl2F2NO. The van der Waals surface area contributed by atoms with Gasteiger partial charge in [0.05, 0.1) is 16.6 Å². The lowest BCUT2D eigenvalue weighted by Crippen LogP contribution is -2.35. The maximum atomic E-state index is 12.7. The van der Waals surface area contributed by atoms with E-state index in [0.717, 1.165) is 0 Å². The Bertz CT molecular complexity index is 361. The molecule has 2 N–H and O–H groups in total. The molecule has 0 aliphatic carbocycles. The second-order valence-electron chi connectivity index (χ2n) is 3.33. The van der Waals surface area contributed by atoms with Crippen LogP contribution in [0.1, 0.15) is 5.56 Å². The Labute approximate surface area is 102 Å². The molecule has 0 radical (unpaired) electrons. The first-order chi connectivity index (χ1) is 7.46. The molecule has 0 aromatic heterocycles. The number of alkyl halides is 2. The topological polar surface area (TPSA) is 32.3 Å². The van der Waals surface area contributed by atoms with Gasteiger partial charge in [-0.2, -0.15) is 0 Å². The number of aliphatic hydroxyl groups is 1. The Morgan fingerprint density at radius 2 is 2.00 bits per heavy atom. The van der Waals surface area contributed by atoms with E-state index in [-0.39, 0.29) is 6.54 Å². The molecule has 1 aromatic carbocycles. The van der Waals surface area contributed by atoms with E-state index in [4.69, 9.17) is 28.3 Å². The molecule has 0 bridgehead atoms. The van der Waals surface area contributed by atoms with E-state index in [1.807, 2.05) is 0 Å². The maximum Gasteiger partial charge on any atom is 0.282 e. The van der Waals surface area contributed by atoms with Gasteiger partial charge in [-0.1, -0.05) is 35.3 Å². The van der Waals surface area contributed by atoms with Crippen molar-refractivity contribution in [3.05, 3.63) is 33.8 Å². The van der Waals surface area contributed by atoms with Crippen LogP contribution in [0.4, 0.5) is 8.78 Å². The van der Waals surface area contributed by atoms with Crippen LogP contribution in [0.5, 0.6) is 0 Å². The minimum Gasteiger partial charge on any atom is -0.390 e. The van der Waals surface area contributed by atoms with E-state index in [1.54, 1.807) is 18.2 Å². The third-order valence-corrected chi connectivity index (χ3v) is 2.82. The quantitative estimate of drug-likeness (QED) is 0.862. The van der Waals surface area contributed by atoms with Gasteiger partial charge in [0.1, 0.15) is 6.61 Å². The molecule has 6 heteroatoms. The number of hydrogen-bond acceptors (Lipinski definition) is 2. The van der Waals surface area contributed by atoms with E-state index in [1.165, 1.54) is 0 Å². The van der Waals surface area contributed by atoms with Crippen molar-refractivity contribution in [3.63, 3.8) is 0 Å². The number of hydrogen-bond donors (Lipinski definition) is 2. The third-order valence-electron chi connectivity index (χ3n) is 1.96. The minimum absolute atomic E-state index is 0.176. The van der Waals surface area contributed by atoms with E-state index >= 15 is 0 Å². The van der Waals surface area contributed by atoms with Crippen molar-refractivity contribution < 1.29 is 13.9 Å². The van der Waals surface area contributed by atoms with Crippen LogP contribution in [0.2, 0.25) is 10.0 Å². The highest BCUT2D eigenvalue weighted by atomic mass is 35.5. The van der Waals surface area contributed by atoms with Crippen LogP contribution in [-0.2, 0) is 6.54 Å². The summed E-state index contributed by atoms with van der Waals surface area (Å²) < 4.78 is 25.3. The van der Waals surface area contributed by atoms with Crippen LogP contribution < -0.4 is 5.32 Å². The van der Waals surface area contributed by atoms with Crippen LogP contribution in [0.3, 0.4) is 0 Å². The molecule has 0 fully saturated rings. The number of rotatable bonds is 5. The van der Waals surface area contributed by atoms with Gasteiger partial charge in [0, 0.05) is 6.54 Å². The van der Waals surface area contributed by atoms with Crippen LogP contribution in [-0.4, -0.2) is 24.2 Å². The highest BCUT2D eigenvalue weighted by Gasteiger charge is 2.26. The highest BCUT2D eigenvalue weighted by molar-refractivity contribution is 6.42. The molecule has 0 saturated heterocycles. The Morgan fingerprint density at radius 3 is 2.62 bits per heavy atom. The SMILES string of the molecule is OCC(F)(F)CNCc1cccc(Cl)c1Cl. The summed E-state index contributed by atoms with van der Waals surface area (Å²) in [7, 11) is 0. The third kappa shape index (κ3) is 3.87. The Balaban J connectivity index is 2.53. The molecule has 0 atom stereocenters. The smallest absolute Gasteiger partial charge is 0.282 e. The van der Waals surface area contributed by atoms with E-state index < -0.39 is 19.1 Å². The number of halogens is 4. The number of nitrogens with one attached hydrogen (secondary N) is 1. The molecule has 0 amide bonds. The van der Waals surface area contributed by atoms with Gasteiger partial charge in [-0.05, 0) is 11.6 Å². The molecule has 0 saturated carbocycles. The zero-order chi connectivity index (χ0) is 12.2. The molecule has 90 valence electrons. The van der Waals surface area contributed by atoms with Gasteiger partial charge >= 0.3 is 0 Å². The molecule has 0 aliphatic heterocycles. The molecule has 1 rings (SSSR count). The van der Waals surface area contributed by atoms with Crippen LogP contribution in [0.15, 0.2) is 18.2 Å². The van der Waals surface area contributed by atoms with Crippen molar-refractivity contribution in [2.24, 2.45) is 0 Å². The van der Waals surface area contributed by atoms with E-state index in [9.17, 15) is 8.78 Å². The van der Waals surface area contributed by atoms with Crippen molar-refractivity contribution >= 4 is 23.2 Å². The average molecular weight is 270 g/mol. The molecule has 1 aromatic rings. The predicted molar refractivity (Wildman–Crippen MR) is 60.2 cm³/mol. The lowest BCUT2D eigenvalue weighted by atomic mass is 10.2. The maximum absolute atomic E-state index is 12.7. The van der Waals surface area contributed by atoms with Crippen molar-refractivity contribution in [1.29, 1.82) is 0 Å². The first kappa shape index (κ1) is 13.6. The lowest BCUT2D eigenvalue weighted by molar-refractivity contribution is -0.0477. The van der Waals surface area contributed by atoms with Gasteiger partial charge in [0.15, 0.2) is 0 Å². The largest absolute Gasteiger partial charge is 0.390 e. The number of benzene rings is 1. The average Bonchev–Trinajstić information content (AvgIpc) is 2.24. The van der Waals surface area contributed by atoms with Crippen molar-refractivity contribution in [1.82, 2.24) is 5.32 Å². The zero-order valence-electron chi connectivity index (χ0n) is 8.31. The summed E-state index contributed by atoms with van der Waals surface area (Å²) in [5.41, 5.74) is 0.642. The lowest BCUT2D eigenvalue weighted by Gasteiger charge is -2.14. The number of aliphatic hydroxyl groups excluding tert-OH is 1. The summed E-state index contributed by atoms with van der Waals surface area (Å²) in [4.78, 5) is 0. The van der Waals surface area contributed by atoms with Gasteiger partial charge in [0.2, 0.25) is 0 Å². The molecule has 16 heavy (non-hydrogen) atoms. The van der Waals surface area contributed by atoms with Crippen LogP contribution >= 0.6 is 23.2 Å². The first-order valence-corrected chi connectivity index (χ1v) is 5.34.